The molecule has 8 heteroatoms. The molecule has 0 atom stereocenters. The Hall–Kier alpha value is -2.19. The van der Waals surface area contributed by atoms with Crippen molar-refractivity contribution in [2.45, 2.75) is 5.22 Å². The Morgan fingerprint density at radius 3 is 2.96 bits per heavy atom. The number of ketones is 1. The molecule has 2 heterocycles. The van der Waals surface area contributed by atoms with Crippen LogP contribution in [0.15, 0.2) is 45.4 Å². The van der Waals surface area contributed by atoms with Crippen molar-refractivity contribution < 1.29 is 18.3 Å². The summed E-state index contributed by atoms with van der Waals surface area (Å²) in [5, 5.41) is 10.0. The van der Waals surface area contributed by atoms with E-state index in [-0.39, 0.29) is 22.8 Å². The first-order chi connectivity index (χ1) is 11.2. The van der Waals surface area contributed by atoms with E-state index < -0.39 is 5.82 Å². The van der Waals surface area contributed by atoms with Crippen LogP contribution in [0.2, 0.25) is 0 Å². The number of carbonyl (C=O) groups is 1. The van der Waals surface area contributed by atoms with Crippen LogP contribution in [0, 0.1) is 5.82 Å². The highest BCUT2D eigenvalue weighted by atomic mass is 32.2. The molecule has 3 rings (SSSR count). The Morgan fingerprint density at radius 1 is 1.39 bits per heavy atom. The van der Waals surface area contributed by atoms with Crippen molar-refractivity contribution in [3.8, 4) is 16.5 Å². The average molecular weight is 350 g/mol. The molecule has 118 valence electrons. The number of Topliss-reactive ketones (excluding diaryl/α,β-unsaturated/α-hetero) is 1. The normalized spacial score (nSPS) is 10.7. The topological polar surface area (TPSA) is 65.2 Å². The van der Waals surface area contributed by atoms with Gasteiger partial charge in [0.05, 0.1) is 17.7 Å². The van der Waals surface area contributed by atoms with Crippen molar-refractivity contribution in [1.82, 2.24) is 10.2 Å². The van der Waals surface area contributed by atoms with Gasteiger partial charge in [-0.2, -0.15) is 0 Å². The third-order valence-corrected chi connectivity index (χ3v) is 4.62. The van der Waals surface area contributed by atoms with Crippen molar-refractivity contribution in [3.05, 3.63) is 47.1 Å². The van der Waals surface area contributed by atoms with E-state index in [1.54, 1.807) is 0 Å². The second kappa shape index (κ2) is 6.93. The Morgan fingerprint density at radius 2 is 2.26 bits per heavy atom. The molecule has 3 aromatic rings. The van der Waals surface area contributed by atoms with Crippen LogP contribution >= 0.6 is 23.1 Å². The van der Waals surface area contributed by atoms with Crippen molar-refractivity contribution in [2.75, 3.05) is 12.9 Å². The number of aromatic nitrogens is 2. The predicted octanol–water partition coefficient (Wildman–Crippen LogP) is 3.92. The first kappa shape index (κ1) is 15.7. The van der Waals surface area contributed by atoms with Crippen LogP contribution in [0.1, 0.15) is 10.4 Å². The second-order valence-electron chi connectivity index (χ2n) is 4.41. The summed E-state index contributed by atoms with van der Waals surface area (Å²) in [7, 11) is 1.37. The van der Waals surface area contributed by atoms with E-state index >= 15 is 0 Å². The highest BCUT2D eigenvalue weighted by Crippen LogP contribution is 2.27. The van der Waals surface area contributed by atoms with Gasteiger partial charge in [-0.1, -0.05) is 17.8 Å². The number of carbonyl (C=O) groups excluding carboxylic acids is 1. The molecule has 2 aromatic heterocycles. The van der Waals surface area contributed by atoms with Crippen LogP contribution in [0.25, 0.3) is 10.8 Å². The molecule has 0 amide bonds. The minimum Gasteiger partial charge on any atom is -0.494 e. The lowest BCUT2D eigenvalue weighted by atomic mass is 10.1. The van der Waals surface area contributed by atoms with Gasteiger partial charge in [-0.15, -0.1) is 21.5 Å². The molecule has 0 unspecified atom stereocenters. The van der Waals surface area contributed by atoms with Gasteiger partial charge in [-0.05, 0) is 29.6 Å². The van der Waals surface area contributed by atoms with Gasteiger partial charge in [0.1, 0.15) is 0 Å². The molecule has 23 heavy (non-hydrogen) atoms. The highest BCUT2D eigenvalue weighted by molar-refractivity contribution is 7.99. The summed E-state index contributed by atoms with van der Waals surface area (Å²) in [6, 6.07) is 7.87. The smallest absolute Gasteiger partial charge is 0.277 e. The lowest BCUT2D eigenvalue weighted by Crippen LogP contribution is -2.03. The molecule has 0 radical (unpaired) electrons. The van der Waals surface area contributed by atoms with E-state index in [0.29, 0.717) is 11.1 Å². The first-order valence-corrected chi connectivity index (χ1v) is 8.41. The van der Waals surface area contributed by atoms with Crippen molar-refractivity contribution in [2.24, 2.45) is 0 Å². The molecule has 0 N–H and O–H groups in total. The van der Waals surface area contributed by atoms with Crippen molar-refractivity contribution in [3.63, 3.8) is 0 Å². The number of thioether (sulfide) groups is 1. The number of rotatable bonds is 6. The Labute approximate surface area is 139 Å². The molecule has 0 bridgehead atoms. The van der Waals surface area contributed by atoms with E-state index in [1.807, 2.05) is 17.5 Å². The number of thiophene rings is 1. The molecule has 1 aromatic carbocycles. The third-order valence-electron chi connectivity index (χ3n) is 2.94. The van der Waals surface area contributed by atoms with E-state index in [1.165, 1.54) is 30.6 Å². The number of hydrogen-bond donors (Lipinski definition) is 0. The van der Waals surface area contributed by atoms with E-state index in [4.69, 9.17) is 9.15 Å². The maximum absolute atomic E-state index is 13.6. The average Bonchev–Trinajstić information content (AvgIpc) is 3.23. The van der Waals surface area contributed by atoms with Crippen LogP contribution in [0.3, 0.4) is 0 Å². The Kier molecular flexibility index (Phi) is 4.73. The molecule has 0 aliphatic rings. The van der Waals surface area contributed by atoms with E-state index in [0.717, 1.165) is 22.7 Å². The largest absolute Gasteiger partial charge is 0.494 e. The molecule has 0 saturated heterocycles. The van der Waals surface area contributed by atoms with Crippen LogP contribution in [-0.2, 0) is 0 Å². The monoisotopic (exact) mass is 350 g/mol. The first-order valence-electron chi connectivity index (χ1n) is 6.54. The number of nitrogens with zero attached hydrogens (tertiary/aromatic N) is 2. The minimum atomic E-state index is -0.568. The summed E-state index contributed by atoms with van der Waals surface area (Å²) in [5.41, 5.74) is 0.272. The second-order valence-corrected chi connectivity index (χ2v) is 6.29. The van der Waals surface area contributed by atoms with E-state index in [9.17, 15) is 9.18 Å². The van der Waals surface area contributed by atoms with Gasteiger partial charge in [-0.3, -0.25) is 4.79 Å². The van der Waals surface area contributed by atoms with Gasteiger partial charge < -0.3 is 9.15 Å². The number of halogens is 1. The molecular weight excluding hydrogens is 339 g/mol. The summed E-state index contributed by atoms with van der Waals surface area (Å²) >= 11 is 2.61. The lowest BCUT2D eigenvalue weighted by molar-refractivity contribution is 0.102. The zero-order valence-electron chi connectivity index (χ0n) is 12.0. The van der Waals surface area contributed by atoms with Gasteiger partial charge in [0.25, 0.3) is 11.1 Å². The number of hydrogen-bond acceptors (Lipinski definition) is 7. The van der Waals surface area contributed by atoms with Crippen molar-refractivity contribution >= 4 is 28.9 Å². The van der Waals surface area contributed by atoms with Crippen molar-refractivity contribution in [1.29, 1.82) is 0 Å². The SMILES string of the molecule is COc1ccc(C(=O)CSc2nnc(-c3cccs3)o2)cc1F. The van der Waals surface area contributed by atoms with Gasteiger partial charge >= 0.3 is 0 Å². The van der Waals surface area contributed by atoms with E-state index in [2.05, 4.69) is 10.2 Å². The summed E-state index contributed by atoms with van der Waals surface area (Å²) in [6.45, 7) is 0. The molecule has 5 nitrogen and oxygen atoms in total. The molecule has 0 saturated carbocycles. The van der Waals surface area contributed by atoms with Crippen LogP contribution in [-0.4, -0.2) is 28.8 Å². The Balaban J connectivity index is 1.64. The van der Waals surface area contributed by atoms with Gasteiger partial charge in [-0.25, -0.2) is 4.39 Å². The lowest BCUT2D eigenvalue weighted by Gasteiger charge is -2.03. The highest BCUT2D eigenvalue weighted by Gasteiger charge is 2.14. The minimum absolute atomic E-state index is 0.0812. The number of ether oxygens (including phenoxy) is 1. The molecule has 0 aliphatic carbocycles. The standard InChI is InChI=1S/C15H11FN2O3S2/c1-20-12-5-4-9(7-10(12)16)11(19)8-23-15-18-17-14(21-15)13-3-2-6-22-13/h2-7H,8H2,1H3. The number of methoxy groups -OCH3 is 1. The maximum Gasteiger partial charge on any atom is 0.277 e. The summed E-state index contributed by atoms with van der Waals surface area (Å²) in [6.07, 6.45) is 0. The molecule has 0 spiro atoms. The zero-order valence-corrected chi connectivity index (χ0v) is 13.6. The Bertz CT molecular complexity index is 818. The number of benzene rings is 1. The van der Waals surface area contributed by atoms with Crippen LogP contribution in [0.5, 0.6) is 5.75 Å². The summed E-state index contributed by atoms with van der Waals surface area (Å²) in [5.74, 6) is -0.191. The van der Waals surface area contributed by atoms with Crippen LogP contribution < -0.4 is 4.74 Å². The predicted molar refractivity (Wildman–Crippen MR) is 85.6 cm³/mol. The molecule has 0 fully saturated rings. The van der Waals surface area contributed by atoms with Gasteiger partial charge in [0, 0.05) is 5.56 Å². The summed E-state index contributed by atoms with van der Waals surface area (Å²) < 4.78 is 23.9. The molecule has 0 aliphatic heterocycles. The van der Waals surface area contributed by atoms with Gasteiger partial charge in [0.15, 0.2) is 17.3 Å². The zero-order chi connectivity index (χ0) is 16.2. The fourth-order valence-electron chi connectivity index (χ4n) is 1.82. The van der Waals surface area contributed by atoms with Gasteiger partial charge in [0.2, 0.25) is 0 Å². The fraction of sp³-hybridized carbons (Fsp3) is 0.133. The fourth-order valence-corrected chi connectivity index (χ4v) is 3.12. The maximum atomic E-state index is 13.6. The summed E-state index contributed by atoms with van der Waals surface area (Å²) in [4.78, 5) is 13.0. The molecular formula is C15H11FN2O3S2. The quantitative estimate of drug-likeness (QED) is 0.496. The third kappa shape index (κ3) is 3.59. The van der Waals surface area contributed by atoms with Crippen LogP contribution in [0.4, 0.5) is 4.39 Å².